The van der Waals surface area contributed by atoms with Gasteiger partial charge in [0.1, 0.15) is 0 Å². The molecule has 0 heterocycles. The molecule has 1 aliphatic rings. The minimum atomic E-state index is 0.557. The van der Waals surface area contributed by atoms with Crippen molar-refractivity contribution in [2.45, 2.75) is 25.7 Å². The monoisotopic (exact) mass is 220 g/mol. The van der Waals surface area contributed by atoms with E-state index in [1.54, 1.807) is 7.11 Å². The van der Waals surface area contributed by atoms with E-state index in [0.717, 1.165) is 18.1 Å². The Morgan fingerprint density at radius 1 is 1.38 bits per heavy atom. The maximum absolute atomic E-state index is 5.03. The second kappa shape index (κ2) is 6.20. The summed E-state index contributed by atoms with van der Waals surface area (Å²) in [6, 6.07) is 0. The third kappa shape index (κ3) is 3.72. The van der Waals surface area contributed by atoms with E-state index >= 15 is 0 Å². The van der Waals surface area contributed by atoms with Crippen LogP contribution in [0.4, 0.5) is 0 Å². The molecule has 0 bridgehead atoms. The fourth-order valence-electron chi connectivity index (χ4n) is 1.90. The summed E-state index contributed by atoms with van der Waals surface area (Å²) in [6.07, 6.45) is 5.59. The minimum absolute atomic E-state index is 0.557. The van der Waals surface area contributed by atoms with Crippen LogP contribution in [0.15, 0.2) is 0 Å². The molecular formula is C10H20OS2. The van der Waals surface area contributed by atoms with Gasteiger partial charge in [-0.2, -0.15) is 24.4 Å². The Morgan fingerprint density at radius 3 is 2.62 bits per heavy atom. The fourth-order valence-corrected chi connectivity index (χ4v) is 3.74. The molecule has 1 rings (SSSR count). The molecule has 3 heteroatoms. The van der Waals surface area contributed by atoms with Gasteiger partial charge in [-0.15, -0.1) is 0 Å². The van der Waals surface area contributed by atoms with E-state index in [4.69, 9.17) is 4.74 Å². The third-order valence-electron chi connectivity index (χ3n) is 2.84. The number of methoxy groups -OCH3 is 1. The highest BCUT2D eigenvalue weighted by atomic mass is 32.2. The molecule has 1 saturated carbocycles. The molecule has 0 N–H and O–H groups in total. The summed E-state index contributed by atoms with van der Waals surface area (Å²) in [5.74, 6) is 3.47. The molecule has 1 nitrogen and oxygen atoms in total. The number of ether oxygens (including phenoxy) is 1. The summed E-state index contributed by atoms with van der Waals surface area (Å²) < 4.78 is 5.03. The molecule has 0 saturated heterocycles. The number of hydrogen-bond acceptors (Lipinski definition) is 3. The molecule has 0 aliphatic heterocycles. The van der Waals surface area contributed by atoms with Crippen molar-refractivity contribution in [1.82, 2.24) is 0 Å². The van der Waals surface area contributed by atoms with E-state index in [2.05, 4.69) is 12.6 Å². The molecule has 1 fully saturated rings. The van der Waals surface area contributed by atoms with Crippen LogP contribution in [0.3, 0.4) is 0 Å². The highest BCUT2D eigenvalue weighted by Crippen LogP contribution is 2.41. The van der Waals surface area contributed by atoms with Crippen molar-refractivity contribution >= 4 is 24.4 Å². The molecular weight excluding hydrogens is 200 g/mol. The van der Waals surface area contributed by atoms with Crippen molar-refractivity contribution in [3.63, 3.8) is 0 Å². The molecule has 78 valence electrons. The van der Waals surface area contributed by atoms with Crippen molar-refractivity contribution in [2.75, 3.05) is 31.0 Å². The molecule has 0 aromatic heterocycles. The summed E-state index contributed by atoms with van der Waals surface area (Å²) in [5.41, 5.74) is 0.557. The maximum Gasteiger partial charge on any atom is 0.0552 e. The summed E-state index contributed by atoms with van der Waals surface area (Å²) >= 11 is 6.51. The number of rotatable bonds is 6. The standard InChI is InChI=1S/C10H20OS2/c1-11-6-7-13-9-10(8-12)4-2-3-5-10/h12H,2-9H2,1H3. The first-order valence-electron chi connectivity index (χ1n) is 5.00. The van der Waals surface area contributed by atoms with Crippen LogP contribution in [0.5, 0.6) is 0 Å². The average molecular weight is 220 g/mol. The lowest BCUT2D eigenvalue weighted by Crippen LogP contribution is -2.22. The maximum atomic E-state index is 5.03. The van der Waals surface area contributed by atoms with Crippen LogP contribution in [0, 0.1) is 5.41 Å². The number of hydrogen-bond donors (Lipinski definition) is 1. The molecule has 13 heavy (non-hydrogen) atoms. The van der Waals surface area contributed by atoms with Gasteiger partial charge in [0.2, 0.25) is 0 Å². The van der Waals surface area contributed by atoms with Crippen molar-refractivity contribution < 1.29 is 4.74 Å². The van der Waals surface area contributed by atoms with Crippen molar-refractivity contribution in [2.24, 2.45) is 5.41 Å². The topological polar surface area (TPSA) is 9.23 Å². The lowest BCUT2D eigenvalue weighted by molar-refractivity contribution is 0.218. The second-order valence-corrected chi connectivity index (χ2v) is 5.33. The first kappa shape index (κ1) is 11.7. The predicted molar refractivity (Wildman–Crippen MR) is 64.0 cm³/mol. The van der Waals surface area contributed by atoms with Gasteiger partial charge >= 0.3 is 0 Å². The Morgan fingerprint density at radius 2 is 2.08 bits per heavy atom. The van der Waals surface area contributed by atoms with E-state index in [1.807, 2.05) is 11.8 Å². The lowest BCUT2D eigenvalue weighted by Gasteiger charge is -2.26. The third-order valence-corrected chi connectivity index (χ3v) is 4.78. The first-order valence-corrected chi connectivity index (χ1v) is 6.79. The Hall–Kier alpha value is 0.660. The van der Waals surface area contributed by atoms with E-state index < -0.39 is 0 Å². The van der Waals surface area contributed by atoms with E-state index in [9.17, 15) is 0 Å². The zero-order chi connectivity index (χ0) is 9.57. The van der Waals surface area contributed by atoms with Crippen molar-refractivity contribution in [3.05, 3.63) is 0 Å². The largest absolute Gasteiger partial charge is 0.384 e. The van der Waals surface area contributed by atoms with Crippen LogP contribution in [0.25, 0.3) is 0 Å². The van der Waals surface area contributed by atoms with Crippen LogP contribution in [0.2, 0.25) is 0 Å². The second-order valence-electron chi connectivity index (χ2n) is 3.91. The van der Waals surface area contributed by atoms with Crippen molar-refractivity contribution in [1.29, 1.82) is 0 Å². The lowest BCUT2D eigenvalue weighted by atomic mass is 9.91. The van der Waals surface area contributed by atoms with Gasteiger partial charge in [-0.1, -0.05) is 12.8 Å². The molecule has 0 amide bonds. The van der Waals surface area contributed by atoms with Crippen LogP contribution < -0.4 is 0 Å². The highest BCUT2D eigenvalue weighted by molar-refractivity contribution is 7.99. The molecule has 0 atom stereocenters. The van der Waals surface area contributed by atoms with Gasteiger partial charge < -0.3 is 4.74 Å². The smallest absolute Gasteiger partial charge is 0.0552 e. The van der Waals surface area contributed by atoms with Crippen LogP contribution >= 0.6 is 24.4 Å². The SMILES string of the molecule is COCCSCC1(CS)CCCC1. The van der Waals surface area contributed by atoms with Gasteiger partial charge in [0, 0.05) is 12.9 Å². The van der Waals surface area contributed by atoms with Gasteiger partial charge in [-0.25, -0.2) is 0 Å². The fraction of sp³-hybridized carbons (Fsp3) is 1.00. The normalized spacial score (nSPS) is 20.8. The molecule has 0 spiro atoms. The summed E-state index contributed by atoms with van der Waals surface area (Å²) in [4.78, 5) is 0. The average Bonchev–Trinajstić information content (AvgIpc) is 2.62. The predicted octanol–water partition coefficient (Wildman–Crippen LogP) is 2.86. The summed E-state index contributed by atoms with van der Waals surface area (Å²) in [5, 5.41) is 0. The quantitative estimate of drug-likeness (QED) is 0.544. The van der Waals surface area contributed by atoms with Gasteiger partial charge in [0.15, 0.2) is 0 Å². The van der Waals surface area contributed by atoms with Gasteiger partial charge in [-0.05, 0) is 29.8 Å². The first-order chi connectivity index (χ1) is 6.33. The Kier molecular flexibility index (Phi) is 5.60. The number of thioether (sulfide) groups is 1. The molecule has 0 aromatic carbocycles. The minimum Gasteiger partial charge on any atom is -0.384 e. The Balaban J connectivity index is 2.16. The van der Waals surface area contributed by atoms with Gasteiger partial charge in [-0.3, -0.25) is 0 Å². The summed E-state index contributed by atoms with van der Waals surface area (Å²) in [7, 11) is 1.77. The van der Waals surface area contributed by atoms with Crippen molar-refractivity contribution in [3.8, 4) is 0 Å². The van der Waals surface area contributed by atoms with E-state index in [0.29, 0.717) is 5.41 Å². The molecule has 0 aromatic rings. The molecule has 0 radical (unpaired) electrons. The Labute approximate surface area is 91.4 Å². The van der Waals surface area contributed by atoms with Gasteiger partial charge in [0.05, 0.1) is 6.61 Å². The van der Waals surface area contributed by atoms with Crippen LogP contribution in [-0.2, 0) is 4.74 Å². The summed E-state index contributed by atoms with van der Waals surface area (Å²) in [6.45, 7) is 0.882. The van der Waals surface area contributed by atoms with E-state index in [1.165, 1.54) is 31.4 Å². The zero-order valence-corrected chi connectivity index (χ0v) is 10.1. The number of thiol groups is 1. The zero-order valence-electron chi connectivity index (χ0n) is 8.42. The van der Waals surface area contributed by atoms with E-state index in [-0.39, 0.29) is 0 Å². The van der Waals surface area contributed by atoms with Crippen LogP contribution in [0.1, 0.15) is 25.7 Å². The Bertz CT molecular complexity index is 133. The molecule has 1 aliphatic carbocycles. The highest BCUT2D eigenvalue weighted by Gasteiger charge is 2.31. The molecule has 0 unspecified atom stereocenters. The van der Waals surface area contributed by atoms with Crippen LogP contribution in [-0.4, -0.2) is 31.0 Å². The van der Waals surface area contributed by atoms with Gasteiger partial charge in [0.25, 0.3) is 0 Å².